The predicted octanol–water partition coefficient (Wildman–Crippen LogP) is 2.95. The van der Waals surface area contributed by atoms with Crippen molar-refractivity contribution in [2.24, 2.45) is 4.99 Å². The number of benzene rings is 1. The van der Waals surface area contributed by atoms with Crippen molar-refractivity contribution in [1.29, 1.82) is 0 Å². The average Bonchev–Trinajstić information content (AvgIpc) is 2.86. The van der Waals surface area contributed by atoms with Gasteiger partial charge in [-0.25, -0.2) is 0 Å². The van der Waals surface area contributed by atoms with E-state index < -0.39 is 6.10 Å². The molecule has 0 radical (unpaired) electrons. The molecule has 9 heteroatoms. The summed E-state index contributed by atoms with van der Waals surface area (Å²) in [5.74, 6) is 2.05. The molecule has 2 fully saturated rings. The van der Waals surface area contributed by atoms with E-state index in [1.807, 2.05) is 12.1 Å². The Morgan fingerprint density at radius 3 is 2.30 bits per heavy atom. The van der Waals surface area contributed by atoms with Gasteiger partial charge in [-0.2, -0.15) is 0 Å². The Morgan fingerprint density at radius 2 is 1.73 bits per heavy atom. The monoisotopic (exact) mass is 576 g/mol. The van der Waals surface area contributed by atoms with E-state index in [0.717, 1.165) is 50.9 Å². The van der Waals surface area contributed by atoms with Crippen molar-refractivity contribution in [2.45, 2.75) is 50.7 Å². The normalized spacial score (nSPS) is 19.8. The zero-order chi connectivity index (χ0) is 22.8. The molecule has 2 aliphatic rings. The Hall–Kier alpha value is -1.30. The number of ether oxygens (including phenoxy) is 3. The first-order chi connectivity index (χ1) is 15.6. The molecule has 1 atom stereocenters. The number of nitrogens with zero attached hydrogens (tertiary/aromatic N) is 2. The Kier molecular flexibility index (Phi) is 12.0. The molecular weight excluding hydrogens is 535 g/mol. The number of aliphatic hydroxyl groups excluding tert-OH is 1. The highest BCUT2D eigenvalue weighted by atomic mass is 127. The van der Waals surface area contributed by atoms with Crippen molar-refractivity contribution in [3.8, 4) is 11.5 Å². The van der Waals surface area contributed by atoms with Crippen LogP contribution in [0.2, 0.25) is 0 Å². The van der Waals surface area contributed by atoms with Crippen LogP contribution in [0.25, 0.3) is 0 Å². The molecule has 1 saturated heterocycles. The molecule has 8 nitrogen and oxygen atoms in total. The van der Waals surface area contributed by atoms with Crippen molar-refractivity contribution < 1.29 is 19.3 Å². The van der Waals surface area contributed by atoms with Gasteiger partial charge in [0.1, 0.15) is 11.5 Å². The summed E-state index contributed by atoms with van der Waals surface area (Å²) in [5, 5.41) is 17.4. The van der Waals surface area contributed by atoms with Gasteiger partial charge in [-0.1, -0.05) is 19.3 Å². The van der Waals surface area contributed by atoms with Crippen molar-refractivity contribution in [1.82, 2.24) is 15.5 Å². The van der Waals surface area contributed by atoms with Crippen molar-refractivity contribution in [3.63, 3.8) is 0 Å². The summed E-state index contributed by atoms with van der Waals surface area (Å²) in [4.78, 5) is 7.57. The number of rotatable bonds is 9. The number of guanidine groups is 1. The molecule has 1 aromatic rings. The fourth-order valence-corrected chi connectivity index (χ4v) is 4.72. The summed E-state index contributed by atoms with van der Waals surface area (Å²) in [6.07, 6.45) is 5.47. The van der Waals surface area contributed by atoms with Crippen LogP contribution in [0, 0.1) is 0 Å². The molecule has 1 aliphatic heterocycles. The number of hydrogen-bond acceptors (Lipinski definition) is 6. The van der Waals surface area contributed by atoms with E-state index in [-0.39, 0.29) is 29.5 Å². The lowest BCUT2D eigenvalue weighted by Crippen LogP contribution is -2.56. The summed E-state index contributed by atoms with van der Waals surface area (Å²) in [6, 6.07) is 5.45. The molecule has 1 aliphatic carbocycles. The molecule has 1 saturated carbocycles. The van der Waals surface area contributed by atoms with Gasteiger partial charge in [0.15, 0.2) is 5.96 Å². The minimum absolute atomic E-state index is 0. The van der Waals surface area contributed by atoms with Crippen LogP contribution < -0.4 is 20.1 Å². The van der Waals surface area contributed by atoms with Gasteiger partial charge in [0.25, 0.3) is 0 Å². The highest BCUT2D eigenvalue weighted by Crippen LogP contribution is 2.34. The molecular formula is C24H41IN4O4. The standard InChI is InChI=1S/C24H40N4O4.HI/c1-4-25-23(26-17-22(29)19-14-20(30-2)16-21(15-19)31-3)27-18-24(8-6-5-7-9-24)28-10-12-32-13-11-28;/h14-16,22,29H,4-13,17-18H2,1-3H3,(H2,25,26,27);1H. The smallest absolute Gasteiger partial charge is 0.191 e. The molecule has 1 aromatic carbocycles. The van der Waals surface area contributed by atoms with Gasteiger partial charge in [0.05, 0.1) is 40.1 Å². The van der Waals surface area contributed by atoms with Crippen LogP contribution in [-0.4, -0.2) is 81.7 Å². The molecule has 1 unspecified atom stereocenters. The summed E-state index contributed by atoms with van der Waals surface area (Å²) in [6.45, 7) is 7.49. The number of aliphatic imine (C=N–C) groups is 1. The maximum Gasteiger partial charge on any atom is 0.191 e. The van der Waals surface area contributed by atoms with Crippen LogP contribution in [0.5, 0.6) is 11.5 Å². The van der Waals surface area contributed by atoms with Crippen molar-refractivity contribution >= 4 is 29.9 Å². The lowest BCUT2D eigenvalue weighted by atomic mass is 9.80. The van der Waals surface area contributed by atoms with Gasteiger partial charge in [0.2, 0.25) is 0 Å². The number of morpholine rings is 1. The first kappa shape index (κ1) is 27.9. The van der Waals surface area contributed by atoms with E-state index in [0.29, 0.717) is 18.0 Å². The van der Waals surface area contributed by atoms with Gasteiger partial charge in [-0.15, -0.1) is 24.0 Å². The lowest BCUT2D eigenvalue weighted by molar-refractivity contribution is -0.0333. The Bertz CT molecular complexity index is 715. The Labute approximate surface area is 215 Å². The third-order valence-corrected chi connectivity index (χ3v) is 6.56. The highest BCUT2D eigenvalue weighted by molar-refractivity contribution is 14.0. The molecule has 33 heavy (non-hydrogen) atoms. The molecule has 1 heterocycles. The van der Waals surface area contributed by atoms with E-state index in [9.17, 15) is 5.11 Å². The molecule has 3 rings (SSSR count). The van der Waals surface area contributed by atoms with E-state index in [2.05, 4.69) is 22.5 Å². The summed E-state index contributed by atoms with van der Waals surface area (Å²) < 4.78 is 16.2. The van der Waals surface area contributed by atoms with Gasteiger partial charge < -0.3 is 30.0 Å². The number of hydrogen-bond donors (Lipinski definition) is 3. The third-order valence-electron chi connectivity index (χ3n) is 6.56. The summed E-state index contributed by atoms with van der Waals surface area (Å²) in [7, 11) is 3.21. The summed E-state index contributed by atoms with van der Waals surface area (Å²) in [5.41, 5.74) is 0.852. The first-order valence-corrected chi connectivity index (χ1v) is 11.9. The maximum absolute atomic E-state index is 10.8. The second-order valence-electron chi connectivity index (χ2n) is 8.62. The number of aliphatic hydroxyl groups is 1. The number of methoxy groups -OCH3 is 2. The SMILES string of the molecule is CCNC(=NCC1(N2CCOCC2)CCCCC1)NCC(O)c1cc(OC)cc(OC)c1.I. The van der Waals surface area contributed by atoms with Gasteiger partial charge in [-0.05, 0) is 37.5 Å². The minimum atomic E-state index is -0.717. The van der Waals surface area contributed by atoms with Crippen LogP contribution in [0.1, 0.15) is 50.7 Å². The van der Waals surface area contributed by atoms with Crippen LogP contribution in [0.15, 0.2) is 23.2 Å². The van der Waals surface area contributed by atoms with Crippen molar-refractivity contribution in [3.05, 3.63) is 23.8 Å². The number of nitrogens with one attached hydrogen (secondary N) is 2. The van der Waals surface area contributed by atoms with Gasteiger partial charge >= 0.3 is 0 Å². The number of halogens is 1. The maximum atomic E-state index is 10.8. The van der Waals surface area contributed by atoms with Crippen LogP contribution in [-0.2, 0) is 4.74 Å². The second-order valence-corrected chi connectivity index (χ2v) is 8.62. The molecule has 188 valence electrons. The first-order valence-electron chi connectivity index (χ1n) is 11.9. The Morgan fingerprint density at radius 1 is 1.09 bits per heavy atom. The van der Waals surface area contributed by atoms with Crippen LogP contribution in [0.4, 0.5) is 0 Å². The van der Waals surface area contributed by atoms with Gasteiger partial charge in [-0.3, -0.25) is 9.89 Å². The molecule has 0 amide bonds. The predicted molar refractivity (Wildman–Crippen MR) is 142 cm³/mol. The van der Waals surface area contributed by atoms with Crippen LogP contribution in [0.3, 0.4) is 0 Å². The second kappa shape index (κ2) is 14.2. The third kappa shape index (κ3) is 7.87. The fourth-order valence-electron chi connectivity index (χ4n) is 4.72. The largest absolute Gasteiger partial charge is 0.497 e. The van der Waals surface area contributed by atoms with Crippen molar-refractivity contribution in [2.75, 3.05) is 60.2 Å². The quantitative estimate of drug-likeness (QED) is 0.237. The fraction of sp³-hybridized carbons (Fsp3) is 0.708. The van der Waals surface area contributed by atoms with Crippen LogP contribution >= 0.6 is 24.0 Å². The minimum Gasteiger partial charge on any atom is -0.497 e. The van der Waals surface area contributed by atoms with E-state index in [1.54, 1.807) is 20.3 Å². The Balaban J connectivity index is 0.00000385. The zero-order valence-corrected chi connectivity index (χ0v) is 22.6. The van der Waals surface area contributed by atoms with E-state index in [1.165, 1.54) is 32.1 Å². The summed E-state index contributed by atoms with van der Waals surface area (Å²) >= 11 is 0. The molecule has 0 aromatic heterocycles. The lowest BCUT2D eigenvalue weighted by Gasteiger charge is -2.47. The topological polar surface area (TPSA) is 87.6 Å². The zero-order valence-electron chi connectivity index (χ0n) is 20.3. The molecule has 3 N–H and O–H groups in total. The van der Waals surface area contributed by atoms with Gasteiger partial charge in [0, 0.05) is 37.8 Å². The van der Waals surface area contributed by atoms with E-state index >= 15 is 0 Å². The average molecular weight is 577 g/mol. The van der Waals surface area contributed by atoms with E-state index in [4.69, 9.17) is 19.2 Å². The highest BCUT2D eigenvalue weighted by Gasteiger charge is 2.38. The molecule has 0 spiro atoms. The molecule has 0 bridgehead atoms.